The molecule has 1 heterocycles. The minimum absolute atomic E-state index is 0.284. The number of nitroso groups, excluding NO2 is 1. The Balaban J connectivity index is 2.63. The van der Waals surface area contributed by atoms with Crippen molar-refractivity contribution in [1.82, 2.24) is 9.55 Å². The summed E-state index contributed by atoms with van der Waals surface area (Å²) >= 11 is 0. The third kappa shape index (κ3) is 3.55. The molecule has 0 unspecified atom stereocenters. The minimum Gasteiger partial charge on any atom is -0.394 e. The van der Waals surface area contributed by atoms with Crippen LogP contribution in [-0.4, -0.2) is 50.0 Å². The molecular weight excluding hydrogens is 248 g/mol. The van der Waals surface area contributed by atoms with Gasteiger partial charge in [-0.1, -0.05) is 10.2 Å². The van der Waals surface area contributed by atoms with Gasteiger partial charge in [-0.15, -0.1) is 0 Å². The summed E-state index contributed by atoms with van der Waals surface area (Å²) in [6.07, 6.45) is 0.214. The minimum atomic E-state index is -1.29. The summed E-state index contributed by atoms with van der Waals surface area (Å²) in [5, 5.41) is 31.2. The van der Waals surface area contributed by atoms with E-state index in [2.05, 4.69) is 10.2 Å². The van der Waals surface area contributed by atoms with Gasteiger partial charge in [0.15, 0.2) is 6.73 Å². The highest BCUT2D eigenvalue weighted by Crippen LogP contribution is 2.09. The Morgan fingerprint density at radius 1 is 1.67 bits per heavy atom. The molecule has 1 rings (SSSR count). The smallest absolute Gasteiger partial charge is 0.394 e. The van der Waals surface area contributed by atoms with Crippen LogP contribution in [0.5, 0.6) is 0 Å². The molecule has 0 saturated carbocycles. The molecule has 0 bridgehead atoms. The number of ether oxygens (including phenoxy) is 1. The van der Waals surface area contributed by atoms with E-state index < -0.39 is 29.7 Å². The van der Waals surface area contributed by atoms with Crippen LogP contribution in [0.4, 0.5) is 5.95 Å². The van der Waals surface area contributed by atoms with Gasteiger partial charge in [0.25, 0.3) is 0 Å². The van der Waals surface area contributed by atoms with Crippen molar-refractivity contribution in [3.63, 3.8) is 0 Å². The van der Waals surface area contributed by atoms with Crippen LogP contribution in [0.2, 0.25) is 0 Å². The summed E-state index contributed by atoms with van der Waals surface area (Å²) in [6, 6.07) is 0. The van der Waals surface area contributed by atoms with E-state index in [-0.39, 0.29) is 13.3 Å². The molecule has 100 valence electrons. The Morgan fingerprint density at radius 3 is 2.94 bits per heavy atom. The lowest BCUT2D eigenvalue weighted by Crippen LogP contribution is -2.35. The van der Waals surface area contributed by atoms with Gasteiger partial charge in [0.1, 0.15) is 31.1 Å². The topological polar surface area (TPSA) is 140 Å². The van der Waals surface area contributed by atoms with Crippen LogP contribution in [0.15, 0.2) is 17.6 Å². The van der Waals surface area contributed by atoms with Crippen molar-refractivity contribution in [3.8, 4) is 0 Å². The van der Waals surface area contributed by atoms with Crippen molar-refractivity contribution in [2.24, 2.45) is 5.18 Å². The third-order valence-electron chi connectivity index (χ3n) is 2.16. The van der Waals surface area contributed by atoms with Crippen LogP contribution in [0.1, 0.15) is 0 Å². The molecule has 10 heteroatoms. The van der Waals surface area contributed by atoms with Gasteiger partial charge >= 0.3 is 5.95 Å². The van der Waals surface area contributed by atoms with Crippen LogP contribution < -0.4 is 0 Å². The molecule has 1 aromatic heterocycles. The Kier molecular flexibility index (Phi) is 5.30. The van der Waals surface area contributed by atoms with Gasteiger partial charge in [0, 0.05) is 0 Å². The van der Waals surface area contributed by atoms with E-state index in [1.807, 2.05) is 0 Å². The zero-order chi connectivity index (χ0) is 13.5. The van der Waals surface area contributed by atoms with Crippen molar-refractivity contribution in [3.05, 3.63) is 27.4 Å². The Morgan fingerprint density at radius 2 is 2.39 bits per heavy atom. The molecule has 10 nitrogen and oxygen atoms in total. The predicted molar refractivity (Wildman–Crippen MR) is 57.5 cm³/mol. The molecule has 0 aliphatic heterocycles. The van der Waals surface area contributed by atoms with Crippen LogP contribution in [0.3, 0.4) is 0 Å². The molecule has 0 aliphatic carbocycles. The second kappa shape index (κ2) is 6.74. The molecule has 0 spiro atoms. The number of aromatic nitrogens is 2. The molecule has 0 amide bonds. The van der Waals surface area contributed by atoms with Crippen LogP contribution in [0.25, 0.3) is 0 Å². The van der Waals surface area contributed by atoms with Crippen LogP contribution in [0, 0.1) is 15.0 Å². The van der Waals surface area contributed by atoms with Crippen molar-refractivity contribution in [2.45, 2.75) is 18.9 Å². The summed E-state index contributed by atoms with van der Waals surface area (Å²) < 4.78 is 6.17. The van der Waals surface area contributed by atoms with E-state index in [1.54, 1.807) is 0 Å². The van der Waals surface area contributed by atoms with Gasteiger partial charge in [-0.25, -0.2) is 4.57 Å². The first-order chi connectivity index (χ1) is 8.60. The van der Waals surface area contributed by atoms with Gasteiger partial charge < -0.3 is 25.1 Å². The fourth-order valence-electron chi connectivity index (χ4n) is 1.23. The third-order valence-corrected chi connectivity index (χ3v) is 2.16. The normalized spacial score (nSPS) is 14.1. The van der Waals surface area contributed by atoms with Crippen molar-refractivity contribution >= 4 is 5.95 Å². The van der Waals surface area contributed by atoms with Gasteiger partial charge in [0.2, 0.25) is 0 Å². The lowest BCUT2D eigenvalue weighted by molar-refractivity contribution is -0.397. The number of rotatable bonds is 8. The molecule has 1 aromatic rings. The second-order valence-electron chi connectivity index (χ2n) is 3.35. The fourth-order valence-corrected chi connectivity index (χ4v) is 1.23. The predicted octanol–water partition coefficient (Wildman–Crippen LogP) is -0.746. The van der Waals surface area contributed by atoms with E-state index in [4.69, 9.17) is 9.84 Å². The number of aliphatic hydroxyl groups is 2. The lowest BCUT2D eigenvalue weighted by Gasteiger charge is -2.18. The Bertz CT molecular complexity index is 408. The molecule has 2 atom stereocenters. The maximum Gasteiger partial charge on any atom is 0.436 e. The maximum atomic E-state index is 10.6. The summed E-state index contributed by atoms with van der Waals surface area (Å²) in [6.45, 7) is -1.26. The quantitative estimate of drug-likeness (QED) is 0.356. The van der Waals surface area contributed by atoms with E-state index in [0.29, 0.717) is 0 Å². The molecule has 0 fully saturated rings. The number of aliphatic hydroxyl groups excluding tert-OH is 2. The van der Waals surface area contributed by atoms with Gasteiger partial charge in [-0.2, -0.15) is 4.91 Å². The van der Waals surface area contributed by atoms with Crippen molar-refractivity contribution in [2.75, 3.05) is 13.2 Å². The lowest BCUT2D eigenvalue weighted by atomic mass is 10.2. The van der Waals surface area contributed by atoms with E-state index in [0.717, 1.165) is 4.57 Å². The zero-order valence-corrected chi connectivity index (χ0v) is 9.25. The molecule has 2 N–H and O–H groups in total. The van der Waals surface area contributed by atoms with Gasteiger partial charge in [0.05, 0.1) is 6.61 Å². The molecular formula is C8H12N4O6. The fraction of sp³-hybridized carbons (Fsp3) is 0.625. The number of nitro groups is 1. The van der Waals surface area contributed by atoms with Crippen molar-refractivity contribution < 1.29 is 19.9 Å². The number of imidazole rings is 1. The monoisotopic (exact) mass is 260 g/mol. The second-order valence-corrected chi connectivity index (χ2v) is 3.35. The molecule has 0 aromatic carbocycles. The highest BCUT2D eigenvalue weighted by Gasteiger charge is 2.22. The maximum absolute atomic E-state index is 10.6. The molecule has 18 heavy (non-hydrogen) atoms. The first-order valence-corrected chi connectivity index (χ1v) is 4.95. The Labute approximate surface area is 101 Å². The summed E-state index contributed by atoms with van der Waals surface area (Å²) in [5.41, 5.74) is 0. The van der Waals surface area contributed by atoms with Crippen LogP contribution in [-0.2, 0) is 11.5 Å². The number of hydrogen-bond acceptors (Lipinski definition) is 8. The van der Waals surface area contributed by atoms with Crippen LogP contribution >= 0.6 is 0 Å². The number of nitrogens with zero attached hydrogens (tertiary/aromatic N) is 4. The van der Waals surface area contributed by atoms with Gasteiger partial charge in [-0.05, 0) is 4.92 Å². The van der Waals surface area contributed by atoms with Crippen molar-refractivity contribution in [1.29, 1.82) is 0 Å². The average Bonchev–Trinajstić information content (AvgIpc) is 2.82. The first kappa shape index (κ1) is 14.2. The summed E-state index contributed by atoms with van der Waals surface area (Å²) in [4.78, 5) is 23.5. The largest absolute Gasteiger partial charge is 0.436 e. The first-order valence-electron chi connectivity index (χ1n) is 4.95. The van der Waals surface area contributed by atoms with Gasteiger partial charge in [-0.3, -0.25) is 0 Å². The molecule has 0 radical (unpaired) electrons. The highest BCUT2D eigenvalue weighted by molar-refractivity contribution is 5.05. The highest BCUT2D eigenvalue weighted by atomic mass is 16.6. The molecule has 0 aliphatic rings. The SMILES string of the molecule is O=NC[C@@H](OCn1ccnc1[N+](=O)[O-])[C@@H](O)CO. The average molecular weight is 260 g/mol. The molecule has 0 saturated heterocycles. The Hall–Kier alpha value is -1.91. The summed E-state index contributed by atoms with van der Waals surface area (Å²) in [7, 11) is 0. The summed E-state index contributed by atoms with van der Waals surface area (Å²) in [5.74, 6) is -0.425. The number of hydrogen-bond donors (Lipinski definition) is 2. The standard InChI is InChI=1S/C8H12N4O6/c13-4-6(14)7(3-10-15)18-5-11-2-1-9-8(11)12(16)17/h1-2,6-7,13-14H,3-5H2/t6-,7+/m0/s1. The van der Waals surface area contributed by atoms with E-state index in [1.165, 1.54) is 12.4 Å². The van der Waals surface area contributed by atoms with E-state index >= 15 is 0 Å². The zero-order valence-electron chi connectivity index (χ0n) is 9.25. The van der Waals surface area contributed by atoms with E-state index in [9.17, 15) is 20.1 Å².